The Morgan fingerprint density at radius 1 is 1.00 bits per heavy atom. The molecule has 3 heterocycles. The predicted octanol–water partition coefficient (Wildman–Crippen LogP) is 5.40. The van der Waals surface area contributed by atoms with E-state index in [1.54, 1.807) is 11.0 Å². The molecule has 6 heteroatoms. The van der Waals surface area contributed by atoms with Crippen molar-refractivity contribution < 1.29 is 18.7 Å². The van der Waals surface area contributed by atoms with Gasteiger partial charge in [0.25, 0.3) is 5.91 Å². The van der Waals surface area contributed by atoms with Crippen LogP contribution in [-0.2, 0) is 11.3 Å². The smallest absolute Gasteiger partial charge is 0.291 e. The van der Waals surface area contributed by atoms with Gasteiger partial charge in [-0.25, -0.2) is 0 Å². The molecule has 1 saturated heterocycles. The molecule has 0 N–H and O–H groups in total. The van der Waals surface area contributed by atoms with Crippen LogP contribution in [0.5, 0.6) is 5.75 Å². The van der Waals surface area contributed by atoms with Gasteiger partial charge in [-0.1, -0.05) is 54.1 Å². The van der Waals surface area contributed by atoms with Crippen LogP contribution < -0.4 is 10.2 Å². The second-order valence-electron chi connectivity index (χ2n) is 9.52. The first-order chi connectivity index (χ1) is 17.6. The molecule has 2 aliphatic rings. The Kier molecular flexibility index (Phi) is 5.82. The van der Waals surface area contributed by atoms with Crippen molar-refractivity contribution in [3.05, 3.63) is 111 Å². The van der Waals surface area contributed by atoms with Crippen LogP contribution in [0, 0.1) is 6.92 Å². The van der Waals surface area contributed by atoms with E-state index in [9.17, 15) is 9.59 Å². The number of hydrogen-bond acceptors (Lipinski definition) is 5. The molecular weight excluding hydrogens is 454 g/mol. The number of nitrogens with zero attached hydrogens (tertiary/aromatic N) is 1. The van der Waals surface area contributed by atoms with Gasteiger partial charge >= 0.3 is 0 Å². The minimum absolute atomic E-state index is 0.0601. The van der Waals surface area contributed by atoms with Gasteiger partial charge in [0.2, 0.25) is 5.76 Å². The lowest BCUT2D eigenvalue weighted by molar-refractivity contribution is 0.0486. The summed E-state index contributed by atoms with van der Waals surface area (Å²) >= 11 is 0. The summed E-state index contributed by atoms with van der Waals surface area (Å²) in [5.41, 5.74) is 3.48. The van der Waals surface area contributed by atoms with E-state index < -0.39 is 6.04 Å². The van der Waals surface area contributed by atoms with Crippen molar-refractivity contribution in [3.63, 3.8) is 0 Å². The van der Waals surface area contributed by atoms with E-state index in [0.717, 1.165) is 29.5 Å². The molecular formula is C30H27NO5. The number of ether oxygens (including phenoxy) is 2. The number of rotatable bonds is 6. The van der Waals surface area contributed by atoms with E-state index >= 15 is 0 Å². The molecule has 0 aliphatic carbocycles. The third-order valence-electron chi connectivity index (χ3n) is 6.97. The summed E-state index contributed by atoms with van der Waals surface area (Å²) in [5.74, 6) is 0.519. The SMILES string of the molecule is Cc1ccc2oc3c(c(=O)c2c1)C(c1cccc(OCc2ccccc2)c1)N(CC1CCCO1)C3=O. The Morgan fingerprint density at radius 3 is 2.67 bits per heavy atom. The van der Waals surface area contributed by atoms with Gasteiger partial charge in [-0.05, 0) is 55.2 Å². The van der Waals surface area contributed by atoms with E-state index in [1.165, 1.54) is 0 Å². The van der Waals surface area contributed by atoms with Crippen LogP contribution in [0.25, 0.3) is 11.0 Å². The molecule has 2 aliphatic heterocycles. The minimum atomic E-state index is -0.571. The Hall–Kier alpha value is -3.90. The number of carbonyl (C=O) groups excluding carboxylic acids is 1. The first-order valence-electron chi connectivity index (χ1n) is 12.3. The monoisotopic (exact) mass is 481 g/mol. The molecule has 0 bridgehead atoms. The third kappa shape index (κ3) is 4.07. The molecule has 2 atom stereocenters. The Labute approximate surface area is 209 Å². The van der Waals surface area contributed by atoms with E-state index in [-0.39, 0.29) is 23.2 Å². The molecule has 4 aromatic rings. The molecule has 1 fully saturated rings. The maximum absolute atomic E-state index is 13.8. The summed E-state index contributed by atoms with van der Waals surface area (Å²) in [5, 5.41) is 0.488. The van der Waals surface area contributed by atoms with Crippen molar-refractivity contribution in [2.24, 2.45) is 0 Å². The zero-order valence-electron chi connectivity index (χ0n) is 20.1. The van der Waals surface area contributed by atoms with Gasteiger partial charge < -0.3 is 18.8 Å². The lowest BCUT2D eigenvalue weighted by Crippen LogP contribution is -2.36. The summed E-state index contributed by atoms with van der Waals surface area (Å²) in [7, 11) is 0. The molecule has 1 aromatic heterocycles. The van der Waals surface area contributed by atoms with E-state index in [0.29, 0.717) is 42.0 Å². The van der Waals surface area contributed by atoms with Crippen LogP contribution in [0.4, 0.5) is 0 Å². The van der Waals surface area contributed by atoms with Crippen LogP contribution in [0.1, 0.15) is 51.7 Å². The van der Waals surface area contributed by atoms with Gasteiger partial charge in [-0.3, -0.25) is 9.59 Å². The molecule has 6 nitrogen and oxygen atoms in total. The Morgan fingerprint density at radius 2 is 1.86 bits per heavy atom. The van der Waals surface area contributed by atoms with Gasteiger partial charge in [-0.15, -0.1) is 0 Å². The fourth-order valence-electron chi connectivity index (χ4n) is 5.19. The summed E-state index contributed by atoms with van der Waals surface area (Å²) < 4.78 is 18.0. The zero-order chi connectivity index (χ0) is 24.6. The van der Waals surface area contributed by atoms with Gasteiger partial charge in [0.1, 0.15) is 17.9 Å². The van der Waals surface area contributed by atoms with Crippen molar-refractivity contribution in [3.8, 4) is 5.75 Å². The minimum Gasteiger partial charge on any atom is -0.489 e. The highest BCUT2D eigenvalue weighted by Gasteiger charge is 2.44. The van der Waals surface area contributed by atoms with Crippen molar-refractivity contribution >= 4 is 16.9 Å². The predicted molar refractivity (Wildman–Crippen MR) is 136 cm³/mol. The van der Waals surface area contributed by atoms with Crippen LogP contribution in [0.3, 0.4) is 0 Å². The molecule has 0 radical (unpaired) electrons. The number of amides is 1. The summed E-state index contributed by atoms with van der Waals surface area (Å²) in [6, 6.07) is 22.5. The molecule has 1 amide bonds. The second-order valence-corrected chi connectivity index (χ2v) is 9.52. The van der Waals surface area contributed by atoms with E-state index in [4.69, 9.17) is 13.9 Å². The first kappa shape index (κ1) is 22.6. The van der Waals surface area contributed by atoms with Crippen LogP contribution in [-0.4, -0.2) is 30.1 Å². The van der Waals surface area contributed by atoms with Crippen molar-refractivity contribution in [1.82, 2.24) is 4.90 Å². The quantitative estimate of drug-likeness (QED) is 0.369. The molecule has 6 rings (SSSR count). The summed E-state index contributed by atoms with van der Waals surface area (Å²) in [6.07, 6.45) is 1.79. The number of benzene rings is 3. The summed E-state index contributed by atoms with van der Waals surface area (Å²) in [4.78, 5) is 29.1. The molecule has 36 heavy (non-hydrogen) atoms. The third-order valence-corrected chi connectivity index (χ3v) is 6.97. The zero-order valence-corrected chi connectivity index (χ0v) is 20.1. The molecule has 0 spiro atoms. The molecule has 0 saturated carbocycles. The van der Waals surface area contributed by atoms with Crippen molar-refractivity contribution in [2.45, 2.75) is 38.5 Å². The molecule has 2 unspecified atom stereocenters. The lowest BCUT2D eigenvalue weighted by atomic mass is 9.97. The Balaban J connectivity index is 1.43. The van der Waals surface area contributed by atoms with Crippen LogP contribution in [0.2, 0.25) is 0 Å². The van der Waals surface area contributed by atoms with E-state index in [1.807, 2.05) is 73.7 Å². The van der Waals surface area contributed by atoms with Crippen molar-refractivity contribution in [1.29, 1.82) is 0 Å². The number of fused-ring (bicyclic) bond motifs is 2. The number of carbonyl (C=O) groups is 1. The molecule has 3 aromatic carbocycles. The van der Waals surface area contributed by atoms with E-state index in [2.05, 4.69) is 0 Å². The van der Waals surface area contributed by atoms with Gasteiger partial charge in [0, 0.05) is 13.2 Å². The lowest BCUT2D eigenvalue weighted by Gasteiger charge is -2.27. The number of aryl methyl sites for hydroxylation is 1. The van der Waals surface area contributed by atoms with Gasteiger partial charge in [-0.2, -0.15) is 0 Å². The average molecular weight is 482 g/mol. The van der Waals surface area contributed by atoms with Crippen molar-refractivity contribution in [2.75, 3.05) is 13.2 Å². The normalized spacial score (nSPS) is 19.1. The maximum atomic E-state index is 13.8. The fraction of sp³-hybridized carbons (Fsp3) is 0.267. The van der Waals surface area contributed by atoms with Crippen LogP contribution >= 0.6 is 0 Å². The Bertz CT molecular complexity index is 1490. The average Bonchev–Trinajstić information content (AvgIpc) is 3.51. The highest BCUT2D eigenvalue weighted by molar-refractivity contribution is 5.99. The standard InChI is InChI=1S/C30H27NO5/c1-19-12-13-25-24(15-19)28(32)26-27(31(30(33)29(26)36-25)17-23-11-6-14-34-23)21-9-5-10-22(16-21)35-18-20-7-3-2-4-8-20/h2-5,7-10,12-13,15-16,23,27H,6,11,14,17-18H2,1H3. The fourth-order valence-corrected chi connectivity index (χ4v) is 5.19. The largest absolute Gasteiger partial charge is 0.489 e. The highest BCUT2D eigenvalue weighted by Crippen LogP contribution is 2.40. The topological polar surface area (TPSA) is 69.0 Å². The first-order valence-corrected chi connectivity index (χ1v) is 12.3. The van der Waals surface area contributed by atoms with Gasteiger partial charge in [0.05, 0.1) is 23.1 Å². The second kappa shape index (κ2) is 9.28. The number of hydrogen-bond donors (Lipinski definition) is 0. The van der Waals surface area contributed by atoms with Gasteiger partial charge in [0.15, 0.2) is 5.43 Å². The maximum Gasteiger partial charge on any atom is 0.291 e. The molecule has 182 valence electrons. The highest BCUT2D eigenvalue weighted by atomic mass is 16.5. The summed E-state index contributed by atoms with van der Waals surface area (Å²) in [6.45, 7) is 3.45. The van der Waals surface area contributed by atoms with Crippen LogP contribution in [0.15, 0.2) is 82.0 Å².